The Labute approximate surface area is 179 Å². The number of methoxy groups -OCH3 is 1. The highest BCUT2D eigenvalue weighted by Gasteiger charge is 2.14. The Balaban J connectivity index is 1.57. The molecule has 5 nitrogen and oxygen atoms in total. The maximum absolute atomic E-state index is 13.3. The van der Waals surface area contributed by atoms with Crippen molar-refractivity contribution in [3.8, 4) is 11.4 Å². The van der Waals surface area contributed by atoms with Crippen molar-refractivity contribution in [3.05, 3.63) is 95.1 Å². The minimum Gasteiger partial charge on any atom is -0.496 e. The van der Waals surface area contributed by atoms with E-state index in [1.807, 2.05) is 54.8 Å². The standard InChI is InChI=1S/C25H22FN3O2/c1-16-12-20(17(2)29(16)22-10-8-21(26)9-11-22)15-27-28-25(30)23-13-18-6-4-5-7-19(18)14-24(23)31-3/h4-15H,1-3H3,(H,28,30). The molecule has 0 saturated carbocycles. The number of amides is 1. The number of hydrogen-bond acceptors (Lipinski definition) is 3. The second kappa shape index (κ2) is 8.44. The van der Waals surface area contributed by atoms with Crippen LogP contribution >= 0.6 is 0 Å². The van der Waals surface area contributed by atoms with Crippen LogP contribution in [0.15, 0.2) is 71.8 Å². The monoisotopic (exact) mass is 415 g/mol. The summed E-state index contributed by atoms with van der Waals surface area (Å²) in [6, 6.07) is 19.7. The number of carbonyl (C=O) groups excluding carboxylic acids is 1. The maximum Gasteiger partial charge on any atom is 0.275 e. The first-order valence-corrected chi connectivity index (χ1v) is 9.83. The Hall–Kier alpha value is -3.93. The number of hydrazone groups is 1. The average molecular weight is 415 g/mol. The van der Waals surface area contributed by atoms with Crippen molar-refractivity contribution in [1.82, 2.24) is 9.99 Å². The van der Waals surface area contributed by atoms with Crippen molar-refractivity contribution in [2.75, 3.05) is 7.11 Å². The van der Waals surface area contributed by atoms with Gasteiger partial charge in [-0.2, -0.15) is 5.10 Å². The molecule has 4 aromatic rings. The van der Waals surface area contributed by atoms with E-state index in [1.54, 1.807) is 24.4 Å². The molecular formula is C25H22FN3O2. The fourth-order valence-electron chi connectivity index (χ4n) is 3.69. The Bertz CT molecular complexity index is 1290. The first-order chi connectivity index (χ1) is 15.0. The summed E-state index contributed by atoms with van der Waals surface area (Å²) in [5.74, 6) is -0.146. The molecule has 0 radical (unpaired) electrons. The van der Waals surface area contributed by atoms with Crippen LogP contribution in [0.2, 0.25) is 0 Å². The van der Waals surface area contributed by atoms with Crippen molar-refractivity contribution >= 4 is 22.9 Å². The zero-order valence-electron chi connectivity index (χ0n) is 17.5. The number of fused-ring (bicyclic) bond motifs is 1. The van der Waals surface area contributed by atoms with E-state index in [2.05, 4.69) is 10.5 Å². The normalized spacial score (nSPS) is 11.2. The number of hydrogen-bond donors (Lipinski definition) is 1. The Morgan fingerprint density at radius 1 is 1.03 bits per heavy atom. The summed E-state index contributed by atoms with van der Waals surface area (Å²) in [5, 5.41) is 6.08. The lowest BCUT2D eigenvalue weighted by Gasteiger charge is -2.09. The lowest BCUT2D eigenvalue weighted by Crippen LogP contribution is -2.18. The minimum absolute atomic E-state index is 0.278. The third-order valence-electron chi connectivity index (χ3n) is 5.24. The van der Waals surface area contributed by atoms with Crippen LogP contribution < -0.4 is 10.2 Å². The summed E-state index contributed by atoms with van der Waals surface area (Å²) >= 11 is 0. The highest BCUT2D eigenvalue weighted by atomic mass is 19.1. The van der Waals surface area contributed by atoms with E-state index in [9.17, 15) is 9.18 Å². The van der Waals surface area contributed by atoms with E-state index < -0.39 is 0 Å². The van der Waals surface area contributed by atoms with Gasteiger partial charge in [0.1, 0.15) is 11.6 Å². The predicted octanol–water partition coefficient (Wildman–Crippen LogP) is 5.16. The predicted molar refractivity (Wildman–Crippen MR) is 121 cm³/mol. The van der Waals surface area contributed by atoms with Crippen molar-refractivity contribution in [1.29, 1.82) is 0 Å². The van der Waals surface area contributed by atoms with Crippen LogP contribution in [0.4, 0.5) is 4.39 Å². The van der Waals surface area contributed by atoms with Crippen molar-refractivity contribution < 1.29 is 13.9 Å². The number of nitrogens with one attached hydrogen (secondary N) is 1. The third-order valence-corrected chi connectivity index (χ3v) is 5.24. The molecule has 3 aromatic carbocycles. The van der Waals surface area contributed by atoms with Crippen LogP contribution in [0, 0.1) is 19.7 Å². The van der Waals surface area contributed by atoms with E-state index in [0.29, 0.717) is 11.3 Å². The summed E-state index contributed by atoms with van der Waals surface area (Å²) in [5.41, 5.74) is 6.63. The summed E-state index contributed by atoms with van der Waals surface area (Å²) in [7, 11) is 1.54. The van der Waals surface area contributed by atoms with Crippen LogP contribution in [0.1, 0.15) is 27.3 Å². The molecule has 0 aliphatic carbocycles. The largest absolute Gasteiger partial charge is 0.496 e. The third kappa shape index (κ3) is 4.05. The van der Waals surface area contributed by atoms with Gasteiger partial charge in [-0.1, -0.05) is 24.3 Å². The van der Waals surface area contributed by atoms with Crippen LogP contribution in [0.25, 0.3) is 16.5 Å². The van der Waals surface area contributed by atoms with Gasteiger partial charge in [0, 0.05) is 22.6 Å². The van der Waals surface area contributed by atoms with E-state index in [0.717, 1.165) is 33.4 Å². The lowest BCUT2D eigenvalue weighted by molar-refractivity contribution is 0.0952. The molecule has 6 heteroatoms. The quantitative estimate of drug-likeness (QED) is 0.362. The van der Waals surface area contributed by atoms with E-state index in [-0.39, 0.29) is 11.7 Å². The number of halogens is 1. The highest BCUT2D eigenvalue weighted by molar-refractivity contribution is 6.02. The van der Waals surface area contributed by atoms with Gasteiger partial charge in [-0.3, -0.25) is 4.79 Å². The topological polar surface area (TPSA) is 55.6 Å². The van der Waals surface area contributed by atoms with Crippen molar-refractivity contribution in [3.63, 3.8) is 0 Å². The number of aromatic nitrogens is 1. The maximum atomic E-state index is 13.3. The second-order valence-electron chi connectivity index (χ2n) is 7.24. The average Bonchev–Trinajstić information content (AvgIpc) is 3.06. The number of carbonyl (C=O) groups is 1. The van der Waals surface area contributed by atoms with Crippen LogP contribution in [-0.4, -0.2) is 23.8 Å². The molecule has 0 unspecified atom stereocenters. The summed E-state index contributed by atoms with van der Waals surface area (Å²) in [4.78, 5) is 12.7. The Morgan fingerprint density at radius 3 is 2.39 bits per heavy atom. The Morgan fingerprint density at radius 2 is 1.71 bits per heavy atom. The summed E-state index contributed by atoms with van der Waals surface area (Å²) < 4.78 is 20.7. The molecule has 0 bridgehead atoms. The van der Waals surface area contributed by atoms with Gasteiger partial charge in [-0.15, -0.1) is 0 Å². The molecule has 1 aromatic heterocycles. The van der Waals surface area contributed by atoms with Crippen molar-refractivity contribution in [2.45, 2.75) is 13.8 Å². The van der Waals surface area contributed by atoms with Gasteiger partial charge in [-0.25, -0.2) is 9.82 Å². The van der Waals surface area contributed by atoms with Gasteiger partial charge in [0.05, 0.1) is 18.9 Å². The van der Waals surface area contributed by atoms with Gasteiger partial charge in [0.15, 0.2) is 0 Å². The van der Waals surface area contributed by atoms with Crippen molar-refractivity contribution in [2.24, 2.45) is 5.10 Å². The number of aryl methyl sites for hydroxylation is 1. The zero-order valence-corrected chi connectivity index (χ0v) is 17.5. The molecule has 0 spiro atoms. The molecule has 4 rings (SSSR count). The molecule has 1 heterocycles. The first-order valence-electron chi connectivity index (χ1n) is 9.83. The molecule has 0 fully saturated rings. The molecule has 1 N–H and O–H groups in total. The number of benzene rings is 3. The lowest BCUT2D eigenvalue weighted by atomic mass is 10.1. The number of ether oxygens (including phenoxy) is 1. The first kappa shape index (κ1) is 20.3. The molecule has 0 saturated heterocycles. The van der Waals surface area contributed by atoms with Gasteiger partial charge in [0.25, 0.3) is 5.91 Å². The SMILES string of the molecule is COc1cc2ccccc2cc1C(=O)NN=Cc1cc(C)n(-c2ccc(F)cc2)c1C. The number of rotatable bonds is 5. The molecule has 0 aliphatic heterocycles. The summed E-state index contributed by atoms with van der Waals surface area (Å²) in [6.07, 6.45) is 1.60. The fraction of sp³-hybridized carbons (Fsp3) is 0.120. The molecule has 0 aliphatic rings. The van der Waals surface area contributed by atoms with Gasteiger partial charge < -0.3 is 9.30 Å². The van der Waals surface area contributed by atoms with Gasteiger partial charge >= 0.3 is 0 Å². The fourth-order valence-corrected chi connectivity index (χ4v) is 3.69. The number of nitrogens with zero attached hydrogens (tertiary/aromatic N) is 2. The van der Waals surface area contributed by atoms with Crippen LogP contribution in [-0.2, 0) is 0 Å². The van der Waals surface area contributed by atoms with Crippen LogP contribution in [0.3, 0.4) is 0 Å². The summed E-state index contributed by atoms with van der Waals surface area (Å²) in [6.45, 7) is 3.91. The molecule has 156 valence electrons. The van der Waals surface area contributed by atoms with Gasteiger partial charge in [0.2, 0.25) is 0 Å². The highest BCUT2D eigenvalue weighted by Crippen LogP contribution is 2.26. The Kier molecular flexibility index (Phi) is 5.54. The second-order valence-corrected chi connectivity index (χ2v) is 7.24. The van der Waals surface area contributed by atoms with E-state index >= 15 is 0 Å². The van der Waals surface area contributed by atoms with Crippen LogP contribution in [0.5, 0.6) is 5.75 Å². The molecular weight excluding hydrogens is 393 g/mol. The van der Waals surface area contributed by atoms with E-state index in [4.69, 9.17) is 4.74 Å². The molecule has 0 atom stereocenters. The molecule has 31 heavy (non-hydrogen) atoms. The minimum atomic E-state index is -0.355. The van der Waals surface area contributed by atoms with E-state index in [1.165, 1.54) is 19.2 Å². The smallest absolute Gasteiger partial charge is 0.275 e. The zero-order chi connectivity index (χ0) is 22.0. The van der Waals surface area contributed by atoms with Gasteiger partial charge in [-0.05, 0) is 67.1 Å². The molecule has 1 amide bonds.